The lowest BCUT2D eigenvalue weighted by Gasteiger charge is -2.15. The van der Waals surface area contributed by atoms with Crippen molar-refractivity contribution in [2.75, 3.05) is 0 Å². The van der Waals surface area contributed by atoms with E-state index in [1.807, 2.05) is 42.7 Å². The maximum Gasteiger partial charge on any atom is 0.162 e. The number of hydrogen-bond donors (Lipinski definition) is 0. The Morgan fingerprint density at radius 2 is 0.864 bits per heavy atom. The first-order valence-corrected chi connectivity index (χ1v) is 14.6. The molecular weight excluding hydrogens is 536 g/mol. The van der Waals surface area contributed by atoms with Crippen molar-refractivity contribution in [1.82, 2.24) is 19.9 Å². The van der Waals surface area contributed by atoms with E-state index in [1.54, 1.807) is 0 Å². The van der Waals surface area contributed by atoms with Crippen LogP contribution in [-0.4, -0.2) is 19.9 Å². The molecule has 0 saturated heterocycles. The molecule has 4 nitrogen and oxygen atoms in total. The largest absolute Gasteiger partial charge is 0.256 e. The summed E-state index contributed by atoms with van der Waals surface area (Å²) < 4.78 is 0. The van der Waals surface area contributed by atoms with Gasteiger partial charge in [0.1, 0.15) is 0 Å². The second kappa shape index (κ2) is 11.0. The molecule has 0 saturated carbocycles. The van der Waals surface area contributed by atoms with Crippen molar-refractivity contribution in [3.05, 3.63) is 158 Å². The molecule has 3 heterocycles. The zero-order chi connectivity index (χ0) is 29.3. The van der Waals surface area contributed by atoms with Crippen molar-refractivity contribution >= 4 is 21.5 Å². The van der Waals surface area contributed by atoms with E-state index >= 15 is 0 Å². The summed E-state index contributed by atoms with van der Waals surface area (Å²) in [4.78, 5) is 20.2. The zero-order valence-electron chi connectivity index (χ0n) is 23.8. The SMILES string of the molecule is c1ccc(-c2cc(-c3cccnc3-c3cccc4ccccc34)nc(-c3cccnc3-c3cccc4ccccc34)n2)cc1. The normalized spacial score (nSPS) is 11.2. The molecule has 0 radical (unpaired) electrons. The lowest BCUT2D eigenvalue weighted by atomic mass is 9.96. The Morgan fingerprint density at radius 3 is 1.52 bits per heavy atom. The number of hydrogen-bond acceptors (Lipinski definition) is 4. The molecule has 0 aliphatic rings. The van der Waals surface area contributed by atoms with E-state index < -0.39 is 0 Å². The number of fused-ring (bicyclic) bond motifs is 2. The molecule has 206 valence electrons. The average molecular weight is 563 g/mol. The lowest BCUT2D eigenvalue weighted by molar-refractivity contribution is 1.17. The number of rotatable bonds is 5. The second-order valence-electron chi connectivity index (χ2n) is 10.7. The van der Waals surface area contributed by atoms with Crippen LogP contribution in [0.2, 0.25) is 0 Å². The van der Waals surface area contributed by atoms with Crippen LogP contribution in [0.25, 0.3) is 78.0 Å². The molecule has 0 unspecified atom stereocenters. The molecule has 0 amide bonds. The van der Waals surface area contributed by atoms with E-state index in [2.05, 4.69) is 115 Å². The second-order valence-corrected chi connectivity index (χ2v) is 10.7. The van der Waals surface area contributed by atoms with E-state index in [4.69, 9.17) is 19.9 Å². The Labute approximate surface area is 255 Å². The van der Waals surface area contributed by atoms with Crippen LogP contribution >= 0.6 is 0 Å². The minimum atomic E-state index is 0.616. The third kappa shape index (κ3) is 4.59. The third-order valence-corrected chi connectivity index (χ3v) is 8.02. The molecule has 5 aromatic carbocycles. The zero-order valence-corrected chi connectivity index (χ0v) is 23.8. The van der Waals surface area contributed by atoms with E-state index in [0.717, 1.165) is 66.8 Å². The van der Waals surface area contributed by atoms with Crippen LogP contribution in [0.15, 0.2) is 158 Å². The molecule has 0 aliphatic carbocycles. The van der Waals surface area contributed by atoms with Gasteiger partial charge in [-0.15, -0.1) is 0 Å². The van der Waals surface area contributed by atoms with Crippen LogP contribution in [0.4, 0.5) is 0 Å². The van der Waals surface area contributed by atoms with E-state index in [0.29, 0.717) is 5.82 Å². The fourth-order valence-electron chi connectivity index (χ4n) is 5.95. The molecule has 3 aromatic heterocycles. The van der Waals surface area contributed by atoms with Gasteiger partial charge in [0.25, 0.3) is 0 Å². The summed E-state index contributed by atoms with van der Waals surface area (Å²) in [6, 6.07) is 49.9. The Morgan fingerprint density at radius 1 is 0.364 bits per heavy atom. The first kappa shape index (κ1) is 25.7. The van der Waals surface area contributed by atoms with Crippen molar-refractivity contribution in [1.29, 1.82) is 0 Å². The predicted octanol–water partition coefficient (Wildman–Crippen LogP) is 9.91. The molecule has 0 atom stereocenters. The quantitative estimate of drug-likeness (QED) is 0.209. The van der Waals surface area contributed by atoms with Crippen LogP contribution in [0.3, 0.4) is 0 Å². The molecule has 0 aliphatic heterocycles. The maximum atomic E-state index is 5.24. The molecule has 0 fully saturated rings. The summed E-state index contributed by atoms with van der Waals surface area (Å²) in [7, 11) is 0. The van der Waals surface area contributed by atoms with Gasteiger partial charge in [-0.25, -0.2) is 9.97 Å². The van der Waals surface area contributed by atoms with Gasteiger partial charge in [-0.3, -0.25) is 9.97 Å². The fourth-order valence-corrected chi connectivity index (χ4v) is 5.95. The molecule has 8 rings (SSSR count). The van der Waals surface area contributed by atoms with E-state index in [-0.39, 0.29) is 0 Å². The van der Waals surface area contributed by atoms with Gasteiger partial charge in [-0.2, -0.15) is 0 Å². The van der Waals surface area contributed by atoms with Crippen LogP contribution in [0.5, 0.6) is 0 Å². The number of nitrogens with zero attached hydrogens (tertiary/aromatic N) is 4. The van der Waals surface area contributed by atoms with Crippen molar-refractivity contribution in [3.63, 3.8) is 0 Å². The number of benzene rings is 5. The Kier molecular flexibility index (Phi) is 6.43. The lowest BCUT2D eigenvalue weighted by Crippen LogP contribution is -2.00. The highest BCUT2D eigenvalue weighted by Gasteiger charge is 2.19. The topological polar surface area (TPSA) is 51.6 Å². The highest BCUT2D eigenvalue weighted by atomic mass is 14.9. The number of aromatic nitrogens is 4. The van der Waals surface area contributed by atoms with Gasteiger partial charge in [0.15, 0.2) is 5.82 Å². The highest BCUT2D eigenvalue weighted by Crippen LogP contribution is 2.38. The molecule has 8 aromatic rings. The van der Waals surface area contributed by atoms with Gasteiger partial charge >= 0.3 is 0 Å². The first-order valence-electron chi connectivity index (χ1n) is 14.6. The van der Waals surface area contributed by atoms with Gasteiger partial charge in [0.2, 0.25) is 0 Å². The van der Waals surface area contributed by atoms with Crippen LogP contribution < -0.4 is 0 Å². The molecule has 0 spiro atoms. The molecule has 4 heteroatoms. The van der Waals surface area contributed by atoms with Gasteiger partial charge < -0.3 is 0 Å². The summed E-state index contributed by atoms with van der Waals surface area (Å²) in [5.74, 6) is 0.616. The monoisotopic (exact) mass is 562 g/mol. The molecule has 0 bridgehead atoms. The summed E-state index contributed by atoms with van der Waals surface area (Å²) >= 11 is 0. The highest BCUT2D eigenvalue weighted by molar-refractivity contribution is 6.00. The van der Waals surface area contributed by atoms with Crippen LogP contribution in [0, 0.1) is 0 Å². The Bertz CT molecular complexity index is 2140. The summed E-state index contributed by atoms with van der Waals surface area (Å²) in [6.45, 7) is 0. The van der Waals surface area contributed by atoms with Gasteiger partial charge in [-0.1, -0.05) is 115 Å². The Balaban J connectivity index is 1.38. The molecular formula is C40H26N4. The summed E-state index contributed by atoms with van der Waals surface area (Å²) in [5, 5.41) is 4.62. The van der Waals surface area contributed by atoms with Crippen molar-refractivity contribution in [3.8, 4) is 56.4 Å². The standard InChI is InChI=1S/C40H26N4/c1-2-14-29(15-3-1)36-26-37(34-22-10-24-41-38(34)32-20-8-16-27-12-4-6-18-30(27)32)44-40(43-36)35-23-11-25-42-39(35)33-21-9-17-28-13-5-7-19-31(28)33/h1-26H. The third-order valence-electron chi connectivity index (χ3n) is 8.02. The van der Waals surface area contributed by atoms with Gasteiger partial charge in [-0.05, 0) is 51.9 Å². The van der Waals surface area contributed by atoms with Crippen LogP contribution in [0.1, 0.15) is 0 Å². The predicted molar refractivity (Wildman–Crippen MR) is 180 cm³/mol. The van der Waals surface area contributed by atoms with E-state index in [9.17, 15) is 0 Å². The van der Waals surface area contributed by atoms with Crippen LogP contribution in [-0.2, 0) is 0 Å². The molecule has 44 heavy (non-hydrogen) atoms. The fraction of sp³-hybridized carbons (Fsp3) is 0. The van der Waals surface area contributed by atoms with E-state index in [1.165, 1.54) is 5.39 Å². The van der Waals surface area contributed by atoms with Gasteiger partial charge in [0.05, 0.1) is 22.8 Å². The maximum absolute atomic E-state index is 5.24. The number of pyridine rings is 2. The smallest absolute Gasteiger partial charge is 0.162 e. The van der Waals surface area contributed by atoms with Crippen molar-refractivity contribution in [2.45, 2.75) is 0 Å². The minimum absolute atomic E-state index is 0.616. The van der Waals surface area contributed by atoms with Crippen molar-refractivity contribution in [2.24, 2.45) is 0 Å². The Hall–Kier alpha value is -6.00. The summed E-state index contributed by atoms with van der Waals surface area (Å²) in [6.07, 6.45) is 3.68. The minimum Gasteiger partial charge on any atom is -0.256 e. The van der Waals surface area contributed by atoms with Crippen molar-refractivity contribution < 1.29 is 0 Å². The summed E-state index contributed by atoms with van der Waals surface area (Å²) in [5.41, 5.74) is 8.32. The first-order chi connectivity index (χ1) is 21.8. The molecule has 0 N–H and O–H groups in total. The average Bonchev–Trinajstić information content (AvgIpc) is 3.11. The van der Waals surface area contributed by atoms with Gasteiger partial charge in [0, 0.05) is 40.2 Å².